The standard InChI is InChI=1S/C16H14S2/c1-3-11(13-7-9-17-15(13)5-1)12-4-2-6-16-14(12)8-10-18-16/h3-4,7-10H,1-2,5-6H2. The number of hydrogen-bond donors (Lipinski definition) is 0. The highest BCUT2D eigenvalue weighted by atomic mass is 32.1. The minimum atomic E-state index is 1.19. The molecule has 0 saturated heterocycles. The Labute approximate surface area is 115 Å². The second kappa shape index (κ2) is 4.22. The summed E-state index contributed by atoms with van der Waals surface area (Å²) in [5.41, 5.74) is 5.93. The molecule has 0 atom stereocenters. The molecular formula is C16H14S2. The summed E-state index contributed by atoms with van der Waals surface area (Å²) < 4.78 is 0. The van der Waals surface area contributed by atoms with Crippen molar-refractivity contribution in [3.63, 3.8) is 0 Å². The fourth-order valence-corrected chi connectivity index (χ4v) is 4.79. The van der Waals surface area contributed by atoms with Gasteiger partial charge in [-0.25, -0.2) is 0 Å². The molecular weight excluding hydrogens is 256 g/mol. The highest BCUT2D eigenvalue weighted by molar-refractivity contribution is 7.10. The predicted octanol–water partition coefficient (Wildman–Crippen LogP) is 5.17. The molecule has 0 bridgehead atoms. The van der Waals surface area contributed by atoms with Gasteiger partial charge in [-0.05, 0) is 70.8 Å². The lowest BCUT2D eigenvalue weighted by molar-refractivity contribution is 0.994. The van der Waals surface area contributed by atoms with Crippen LogP contribution in [0.4, 0.5) is 0 Å². The van der Waals surface area contributed by atoms with Gasteiger partial charge in [0.2, 0.25) is 0 Å². The average molecular weight is 270 g/mol. The maximum absolute atomic E-state index is 2.44. The van der Waals surface area contributed by atoms with Gasteiger partial charge in [0.1, 0.15) is 0 Å². The molecule has 0 saturated carbocycles. The maximum atomic E-state index is 2.44. The van der Waals surface area contributed by atoms with Gasteiger partial charge < -0.3 is 0 Å². The van der Waals surface area contributed by atoms with E-state index in [0.29, 0.717) is 0 Å². The summed E-state index contributed by atoms with van der Waals surface area (Å²) in [6.07, 6.45) is 9.71. The number of fused-ring (bicyclic) bond motifs is 2. The van der Waals surface area contributed by atoms with Crippen molar-refractivity contribution in [3.05, 3.63) is 55.9 Å². The summed E-state index contributed by atoms with van der Waals surface area (Å²) in [7, 11) is 0. The van der Waals surface area contributed by atoms with Crippen molar-refractivity contribution in [2.75, 3.05) is 0 Å². The van der Waals surface area contributed by atoms with E-state index >= 15 is 0 Å². The van der Waals surface area contributed by atoms with E-state index in [0.717, 1.165) is 0 Å². The first kappa shape index (κ1) is 10.8. The zero-order valence-electron chi connectivity index (χ0n) is 10.1. The highest BCUT2D eigenvalue weighted by Gasteiger charge is 2.21. The lowest BCUT2D eigenvalue weighted by Crippen LogP contribution is -2.02. The lowest BCUT2D eigenvalue weighted by Gasteiger charge is -2.20. The SMILES string of the molecule is C1=C(C2=CCCc3sccc32)c2ccsc2CC1. The van der Waals surface area contributed by atoms with Crippen LogP contribution in [0, 0.1) is 0 Å². The number of rotatable bonds is 1. The first-order valence-electron chi connectivity index (χ1n) is 6.47. The van der Waals surface area contributed by atoms with E-state index in [4.69, 9.17) is 0 Å². The molecule has 2 aliphatic rings. The predicted molar refractivity (Wildman–Crippen MR) is 81.2 cm³/mol. The molecule has 0 amide bonds. The molecule has 0 aliphatic heterocycles. The largest absolute Gasteiger partial charge is 0.148 e. The molecule has 0 N–H and O–H groups in total. The average Bonchev–Trinajstić information content (AvgIpc) is 3.06. The monoisotopic (exact) mass is 270 g/mol. The Morgan fingerprint density at radius 2 is 1.22 bits per heavy atom. The van der Waals surface area contributed by atoms with E-state index in [2.05, 4.69) is 35.0 Å². The molecule has 2 aromatic heterocycles. The Hall–Kier alpha value is -1.12. The summed E-state index contributed by atoms with van der Waals surface area (Å²) in [6.45, 7) is 0. The van der Waals surface area contributed by atoms with Gasteiger partial charge in [0, 0.05) is 9.75 Å². The van der Waals surface area contributed by atoms with Crippen molar-refractivity contribution in [1.82, 2.24) is 0 Å². The molecule has 0 nitrogen and oxygen atoms in total. The van der Waals surface area contributed by atoms with E-state index in [1.807, 2.05) is 22.7 Å². The molecule has 18 heavy (non-hydrogen) atoms. The van der Waals surface area contributed by atoms with E-state index in [1.165, 1.54) is 48.0 Å². The van der Waals surface area contributed by atoms with Gasteiger partial charge in [-0.15, -0.1) is 22.7 Å². The molecule has 2 aromatic rings. The van der Waals surface area contributed by atoms with Crippen LogP contribution in [0.2, 0.25) is 0 Å². The smallest absolute Gasteiger partial charge is 0.0127 e. The van der Waals surface area contributed by atoms with Gasteiger partial charge in [-0.3, -0.25) is 0 Å². The summed E-state index contributed by atoms with van der Waals surface area (Å²) in [6, 6.07) is 4.60. The molecule has 90 valence electrons. The minimum absolute atomic E-state index is 1.19. The van der Waals surface area contributed by atoms with Crippen LogP contribution in [0.5, 0.6) is 0 Å². The van der Waals surface area contributed by atoms with Crippen LogP contribution in [0.25, 0.3) is 11.1 Å². The molecule has 2 heterocycles. The Bertz CT molecular complexity index is 594. The molecule has 4 rings (SSSR count). The zero-order chi connectivity index (χ0) is 11.9. The molecule has 0 spiro atoms. The van der Waals surface area contributed by atoms with Crippen LogP contribution in [-0.4, -0.2) is 0 Å². The van der Waals surface area contributed by atoms with Crippen LogP contribution >= 0.6 is 22.7 Å². The number of aryl methyl sites for hydroxylation is 2. The van der Waals surface area contributed by atoms with Crippen molar-refractivity contribution >= 4 is 33.8 Å². The third kappa shape index (κ3) is 1.56. The molecule has 0 unspecified atom stereocenters. The minimum Gasteiger partial charge on any atom is -0.148 e. The highest BCUT2D eigenvalue weighted by Crippen LogP contribution is 2.43. The van der Waals surface area contributed by atoms with Gasteiger partial charge in [-0.1, -0.05) is 12.2 Å². The third-order valence-corrected chi connectivity index (χ3v) is 5.76. The fourth-order valence-electron chi connectivity index (χ4n) is 2.97. The first-order valence-corrected chi connectivity index (χ1v) is 8.23. The first-order chi connectivity index (χ1) is 8.93. The van der Waals surface area contributed by atoms with Crippen molar-refractivity contribution in [2.24, 2.45) is 0 Å². The van der Waals surface area contributed by atoms with Crippen LogP contribution < -0.4 is 0 Å². The molecule has 0 radical (unpaired) electrons. The second-order valence-electron chi connectivity index (χ2n) is 4.83. The van der Waals surface area contributed by atoms with Crippen LogP contribution in [0.15, 0.2) is 35.0 Å². The molecule has 2 heteroatoms. The Morgan fingerprint density at radius 3 is 1.72 bits per heavy atom. The Morgan fingerprint density at radius 1 is 0.722 bits per heavy atom. The van der Waals surface area contributed by atoms with E-state index in [9.17, 15) is 0 Å². The van der Waals surface area contributed by atoms with E-state index in [-0.39, 0.29) is 0 Å². The van der Waals surface area contributed by atoms with Crippen LogP contribution in [0.3, 0.4) is 0 Å². The van der Waals surface area contributed by atoms with Gasteiger partial charge in [0.25, 0.3) is 0 Å². The van der Waals surface area contributed by atoms with E-state index < -0.39 is 0 Å². The molecule has 0 fully saturated rings. The summed E-state index contributed by atoms with van der Waals surface area (Å²) in [5, 5.41) is 4.48. The van der Waals surface area contributed by atoms with E-state index in [1.54, 1.807) is 9.75 Å². The summed E-state index contributed by atoms with van der Waals surface area (Å²) >= 11 is 3.82. The van der Waals surface area contributed by atoms with Crippen molar-refractivity contribution in [2.45, 2.75) is 25.7 Å². The lowest BCUT2D eigenvalue weighted by atomic mass is 9.85. The number of allylic oxidation sites excluding steroid dienone is 4. The fraction of sp³-hybridized carbons (Fsp3) is 0.250. The quantitative estimate of drug-likeness (QED) is 0.670. The van der Waals surface area contributed by atoms with Gasteiger partial charge >= 0.3 is 0 Å². The third-order valence-electron chi connectivity index (χ3n) is 3.80. The zero-order valence-corrected chi connectivity index (χ0v) is 11.7. The van der Waals surface area contributed by atoms with Crippen molar-refractivity contribution in [1.29, 1.82) is 0 Å². The van der Waals surface area contributed by atoms with Crippen molar-refractivity contribution in [3.8, 4) is 0 Å². The normalized spacial score (nSPS) is 17.8. The Balaban J connectivity index is 1.86. The van der Waals surface area contributed by atoms with Gasteiger partial charge in [0.05, 0.1) is 0 Å². The number of thiophene rings is 2. The molecule has 0 aromatic carbocycles. The topological polar surface area (TPSA) is 0 Å². The van der Waals surface area contributed by atoms with Crippen LogP contribution in [-0.2, 0) is 12.8 Å². The molecule has 2 aliphatic carbocycles. The van der Waals surface area contributed by atoms with Crippen molar-refractivity contribution < 1.29 is 0 Å². The summed E-state index contributed by atoms with van der Waals surface area (Å²) in [5.74, 6) is 0. The van der Waals surface area contributed by atoms with Gasteiger partial charge in [-0.2, -0.15) is 0 Å². The number of hydrogen-bond acceptors (Lipinski definition) is 2. The Kier molecular flexibility index (Phi) is 2.52. The maximum Gasteiger partial charge on any atom is 0.0127 e. The second-order valence-corrected chi connectivity index (χ2v) is 6.83. The summed E-state index contributed by atoms with van der Waals surface area (Å²) in [4.78, 5) is 3.13. The van der Waals surface area contributed by atoms with Gasteiger partial charge in [0.15, 0.2) is 0 Å². The van der Waals surface area contributed by atoms with Crippen LogP contribution in [0.1, 0.15) is 33.7 Å².